The third kappa shape index (κ3) is 3.44. The highest BCUT2D eigenvalue weighted by molar-refractivity contribution is 5.97. The highest BCUT2D eigenvalue weighted by atomic mass is 19.4. The van der Waals surface area contributed by atoms with Crippen molar-refractivity contribution in [3.8, 4) is 0 Å². The molecule has 6 nitrogen and oxygen atoms in total. The van der Waals surface area contributed by atoms with Crippen molar-refractivity contribution in [3.05, 3.63) is 53.6 Å². The van der Waals surface area contributed by atoms with Gasteiger partial charge in [-0.2, -0.15) is 28.6 Å². The van der Waals surface area contributed by atoms with Crippen LogP contribution >= 0.6 is 0 Å². The van der Waals surface area contributed by atoms with E-state index in [1.807, 2.05) is 4.90 Å². The van der Waals surface area contributed by atoms with E-state index in [0.29, 0.717) is 48.5 Å². The molecule has 0 radical (unpaired) electrons. The summed E-state index contributed by atoms with van der Waals surface area (Å²) in [6, 6.07) is 10.4. The molecule has 1 aromatic heterocycles. The number of benzene rings is 2. The van der Waals surface area contributed by atoms with Gasteiger partial charge < -0.3 is 9.80 Å². The molecule has 1 saturated heterocycles. The van der Waals surface area contributed by atoms with Gasteiger partial charge in [-0.3, -0.25) is 4.79 Å². The predicted octanol–water partition coefficient (Wildman–Crippen LogP) is 2.94. The van der Waals surface area contributed by atoms with E-state index in [-0.39, 0.29) is 5.91 Å². The summed E-state index contributed by atoms with van der Waals surface area (Å²) >= 11 is 0. The zero-order valence-corrected chi connectivity index (χ0v) is 14.2. The lowest BCUT2D eigenvalue weighted by atomic mass is 10.1. The van der Waals surface area contributed by atoms with Crippen LogP contribution in [0.3, 0.4) is 0 Å². The molecular weight excluding hydrogens is 359 g/mol. The molecule has 1 amide bonds. The first-order valence-electron chi connectivity index (χ1n) is 8.44. The number of nitrogens with zero attached hydrogens (tertiary/aromatic N) is 4. The molecule has 0 saturated carbocycles. The molecule has 0 aliphatic carbocycles. The van der Waals surface area contributed by atoms with Crippen LogP contribution in [0.4, 0.5) is 18.9 Å². The Hall–Kier alpha value is -3.10. The Bertz CT molecular complexity index is 976. The van der Waals surface area contributed by atoms with Gasteiger partial charge in [-0.1, -0.05) is 6.07 Å². The molecule has 0 unspecified atom stereocenters. The van der Waals surface area contributed by atoms with Gasteiger partial charge in [-0.25, -0.2) is 0 Å². The van der Waals surface area contributed by atoms with Gasteiger partial charge in [-0.15, -0.1) is 0 Å². The third-order valence-electron chi connectivity index (χ3n) is 4.67. The highest BCUT2D eigenvalue weighted by Crippen LogP contribution is 2.32. The molecule has 0 spiro atoms. The molecule has 9 heteroatoms. The maximum Gasteiger partial charge on any atom is 0.416 e. The van der Waals surface area contributed by atoms with Crippen molar-refractivity contribution >= 4 is 22.6 Å². The molecule has 1 aliphatic heterocycles. The van der Waals surface area contributed by atoms with Crippen LogP contribution in [0.15, 0.2) is 42.5 Å². The Morgan fingerprint density at radius 3 is 2.44 bits per heavy atom. The third-order valence-corrected chi connectivity index (χ3v) is 4.67. The number of alkyl halides is 3. The van der Waals surface area contributed by atoms with Crippen LogP contribution < -0.4 is 4.90 Å². The number of piperazine rings is 1. The first-order chi connectivity index (χ1) is 12.9. The topological polar surface area (TPSA) is 65.1 Å². The van der Waals surface area contributed by atoms with E-state index in [4.69, 9.17) is 0 Å². The van der Waals surface area contributed by atoms with E-state index in [9.17, 15) is 18.0 Å². The quantitative estimate of drug-likeness (QED) is 0.748. The lowest BCUT2D eigenvalue weighted by molar-refractivity contribution is -0.137. The molecule has 2 aromatic carbocycles. The number of hydrogen-bond donors (Lipinski definition) is 1. The Morgan fingerprint density at radius 2 is 1.70 bits per heavy atom. The zero-order valence-electron chi connectivity index (χ0n) is 14.2. The smallest absolute Gasteiger partial charge is 0.368 e. The van der Waals surface area contributed by atoms with Crippen molar-refractivity contribution in [3.63, 3.8) is 0 Å². The molecule has 1 fully saturated rings. The van der Waals surface area contributed by atoms with Crippen molar-refractivity contribution in [1.82, 2.24) is 20.3 Å². The molecule has 2 heterocycles. The van der Waals surface area contributed by atoms with Crippen LogP contribution in [-0.4, -0.2) is 52.4 Å². The number of fused-ring (bicyclic) bond motifs is 1. The second-order valence-electron chi connectivity index (χ2n) is 6.35. The summed E-state index contributed by atoms with van der Waals surface area (Å²) < 4.78 is 38.7. The number of carbonyl (C=O) groups excluding carboxylic acids is 1. The van der Waals surface area contributed by atoms with E-state index >= 15 is 0 Å². The lowest BCUT2D eigenvalue weighted by Crippen LogP contribution is -2.48. The Morgan fingerprint density at radius 1 is 0.963 bits per heavy atom. The van der Waals surface area contributed by atoms with Crippen molar-refractivity contribution < 1.29 is 18.0 Å². The summed E-state index contributed by atoms with van der Waals surface area (Å²) in [5.41, 5.74) is 1.66. The van der Waals surface area contributed by atoms with E-state index in [1.165, 1.54) is 6.07 Å². The van der Waals surface area contributed by atoms with E-state index in [2.05, 4.69) is 15.4 Å². The van der Waals surface area contributed by atoms with Gasteiger partial charge in [0.2, 0.25) is 0 Å². The average molecular weight is 375 g/mol. The SMILES string of the molecule is O=C(c1ccc2n[nH]nc2c1)N1CCN(c2cccc(C(F)(F)F)c2)CC1. The molecule has 3 aromatic rings. The standard InChI is InChI=1S/C18H16F3N5O/c19-18(20,21)13-2-1-3-14(11-13)25-6-8-26(9-7-25)17(27)12-4-5-15-16(10-12)23-24-22-15/h1-5,10-11H,6-9H2,(H,22,23,24). The van der Waals surface area contributed by atoms with E-state index in [0.717, 1.165) is 12.1 Å². The normalized spacial score (nSPS) is 15.4. The van der Waals surface area contributed by atoms with Crippen LogP contribution in [0, 0.1) is 0 Å². The number of halogens is 3. The van der Waals surface area contributed by atoms with Crippen LogP contribution in [0.1, 0.15) is 15.9 Å². The molecule has 0 atom stereocenters. The molecule has 0 bridgehead atoms. The summed E-state index contributed by atoms with van der Waals surface area (Å²) in [5, 5.41) is 10.4. The molecule has 140 valence electrons. The molecule has 27 heavy (non-hydrogen) atoms. The Balaban J connectivity index is 1.45. The zero-order chi connectivity index (χ0) is 19.0. The predicted molar refractivity (Wildman–Crippen MR) is 93.4 cm³/mol. The first kappa shape index (κ1) is 17.3. The van der Waals surface area contributed by atoms with Crippen LogP contribution in [-0.2, 0) is 6.18 Å². The summed E-state index contributed by atoms with van der Waals surface area (Å²) in [6.07, 6.45) is -4.37. The first-order valence-corrected chi connectivity index (χ1v) is 8.44. The summed E-state index contributed by atoms with van der Waals surface area (Å²) in [6.45, 7) is 1.82. The van der Waals surface area contributed by atoms with E-state index < -0.39 is 11.7 Å². The van der Waals surface area contributed by atoms with Crippen molar-refractivity contribution in [2.24, 2.45) is 0 Å². The minimum absolute atomic E-state index is 0.122. The molecule has 4 rings (SSSR count). The second kappa shape index (κ2) is 6.57. The number of nitrogens with one attached hydrogen (secondary N) is 1. The fraction of sp³-hybridized carbons (Fsp3) is 0.278. The van der Waals surface area contributed by atoms with Gasteiger partial charge in [0.25, 0.3) is 5.91 Å². The maximum atomic E-state index is 12.9. The minimum atomic E-state index is -4.37. The lowest BCUT2D eigenvalue weighted by Gasteiger charge is -2.36. The summed E-state index contributed by atoms with van der Waals surface area (Å²) in [7, 11) is 0. The number of anilines is 1. The van der Waals surface area contributed by atoms with Crippen molar-refractivity contribution in [1.29, 1.82) is 0 Å². The van der Waals surface area contributed by atoms with Gasteiger partial charge in [0.1, 0.15) is 11.0 Å². The number of H-pyrrole nitrogens is 1. The van der Waals surface area contributed by atoms with Gasteiger partial charge in [0, 0.05) is 37.4 Å². The van der Waals surface area contributed by atoms with Crippen molar-refractivity contribution in [2.75, 3.05) is 31.1 Å². The van der Waals surface area contributed by atoms with E-state index in [1.54, 1.807) is 29.2 Å². The Labute approximate surface area is 152 Å². The Kier molecular flexibility index (Phi) is 4.21. The second-order valence-corrected chi connectivity index (χ2v) is 6.35. The number of amides is 1. The monoisotopic (exact) mass is 375 g/mol. The van der Waals surface area contributed by atoms with Crippen LogP contribution in [0.25, 0.3) is 11.0 Å². The minimum Gasteiger partial charge on any atom is -0.368 e. The van der Waals surface area contributed by atoms with Gasteiger partial charge in [-0.05, 0) is 36.4 Å². The van der Waals surface area contributed by atoms with Crippen LogP contribution in [0.2, 0.25) is 0 Å². The average Bonchev–Trinajstić information content (AvgIpc) is 3.15. The molecule has 1 aliphatic rings. The van der Waals surface area contributed by atoms with Crippen LogP contribution in [0.5, 0.6) is 0 Å². The summed E-state index contributed by atoms with van der Waals surface area (Å²) in [5.74, 6) is -0.122. The maximum absolute atomic E-state index is 12.9. The highest BCUT2D eigenvalue weighted by Gasteiger charge is 2.31. The summed E-state index contributed by atoms with van der Waals surface area (Å²) in [4.78, 5) is 16.3. The largest absolute Gasteiger partial charge is 0.416 e. The van der Waals surface area contributed by atoms with Gasteiger partial charge >= 0.3 is 6.18 Å². The van der Waals surface area contributed by atoms with Gasteiger partial charge in [0.05, 0.1) is 5.56 Å². The fourth-order valence-corrected chi connectivity index (χ4v) is 3.20. The fourth-order valence-electron chi connectivity index (χ4n) is 3.20. The molecule has 1 N–H and O–H groups in total. The number of aromatic amines is 1. The molecular formula is C18H16F3N5O. The number of hydrogen-bond acceptors (Lipinski definition) is 4. The van der Waals surface area contributed by atoms with Crippen molar-refractivity contribution in [2.45, 2.75) is 6.18 Å². The van der Waals surface area contributed by atoms with Gasteiger partial charge in [0.15, 0.2) is 0 Å². The number of aromatic nitrogens is 3. The number of carbonyl (C=O) groups is 1. The number of rotatable bonds is 2.